The van der Waals surface area contributed by atoms with E-state index in [1.165, 1.54) is 6.07 Å². The van der Waals surface area contributed by atoms with Crippen molar-refractivity contribution in [1.82, 2.24) is 0 Å². The van der Waals surface area contributed by atoms with Crippen molar-refractivity contribution < 1.29 is 26.2 Å². The lowest BCUT2D eigenvalue weighted by molar-refractivity contribution is 0.0914. The number of aryl methyl sites for hydroxylation is 3. The minimum atomic E-state index is -3.51. The van der Waals surface area contributed by atoms with Crippen LogP contribution >= 0.6 is 0 Å². The Bertz CT molecular complexity index is 1140. The molecule has 0 bridgehead atoms. The number of benzene rings is 1. The van der Waals surface area contributed by atoms with Gasteiger partial charge in [0.25, 0.3) is 10.1 Å². The lowest BCUT2D eigenvalue weighted by Gasteiger charge is -2.09. The van der Waals surface area contributed by atoms with Gasteiger partial charge < -0.3 is 13.6 Å². The van der Waals surface area contributed by atoms with Crippen molar-refractivity contribution >= 4 is 32.1 Å². The summed E-state index contributed by atoms with van der Waals surface area (Å²) in [6, 6.07) is 3.39. The second kappa shape index (κ2) is 6.86. The molecule has 0 saturated heterocycles. The summed E-state index contributed by atoms with van der Waals surface area (Å²) in [6.07, 6.45) is 0.979. The first-order valence-corrected chi connectivity index (χ1v) is 9.87. The molecule has 1 aromatic carbocycles. The van der Waals surface area contributed by atoms with Crippen molar-refractivity contribution in [3.8, 4) is 0 Å². The van der Waals surface area contributed by atoms with Crippen LogP contribution in [0, 0.1) is 20.8 Å². The SMILES string of the molecule is Cc1oc2c(COCCOS(C)(=O)=O)c3oc(=O)cc(C)c3cc2c1C. The number of rotatable bonds is 6. The Labute approximate surface area is 150 Å². The second-order valence-electron chi connectivity index (χ2n) is 6.22. The van der Waals surface area contributed by atoms with E-state index in [1.54, 1.807) is 0 Å². The van der Waals surface area contributed by atoms with Gasteiger partial charge in [-0.25, -0.2) is 4.79 Å². The molecule has 2 heterocycles. The molecule has 8 heteroatoms. The third-order valence-electron chi connectivity index (χ3n) is 4.25. The van der Waals surface area contributed by atoms with Gasteiger partial charge in [0.2, 0.25) is 0 Å². The summed E-state index contributed by atoms with van der Waals surface area (Å²) >= 11 is 0. The van der Waals surface area contributed by atoms with Crippen LogP contribution in [0.25, 0.3) is 21.9 Å². The Morgan fingerprint density at radius 2 is 1.69 bits per heavy atom. The quantitative estimate of drug-likeness (QED) is 0.368. The molecule has 140 valence electrons. The van der Waals surface area contributed by atoms with E-state index >= 15 is 0 Å². The minimum absolute atomic E-state index is 0.0691. The van der Waals surface area contributed by atoms with Crippen LogP contribution in [0.1, 0.15) is 22.5 Å². The van der Waals surface area contributed by atoms with E-state index in [1.807, 2.05) is 26.8 Å². The lowest BCUT2D eigenvalue weighted by Crippen LogP contribution is -2.10. The van der Waals surface area contributed by atoms with Crippen LogP contribution in [-0.4, -0.2) is 27.9 Å². The zero-order valence-electron chi connectivity index (χ0n) is 15.0. The van der Waals surface area contributed by atoms with Crippen LogP contribution < -0.4 is 5.63 Å². The van der Waals surface area contributed by atoms with Gasteiger partial charge in [0, 0.05) is 16.8 Å². The van der Waals surface area contributed by atoms with Crippen LogP contribution in [0.2, 0.25) is 0 Å². The smallest absolute Gasteiger partial charge is 0.336 e. The van der Waals surface area contributed by atoms with Crippen molar-refractivity contribution in [2.45, 2.75) is 27.4 Å². The number of hydrogen-bond acceptors (Lipinski definition) is 7. The van der Waals surface area contributed by atoms with Gasteiger partial charge >= 0.3 is 5.63 Å². The predicted octanol–water partition coefficient (Wildman–Crippen LogP) is 2.96. The van der Waals surface area contributed by atoms with Crippen LogP contribution in [-0.2, 0) is 25.6 Å². The van der Waals surface area contributed by atoms with Crippen LogP contribution in [0.4, 0.5) is 0 Å². The lowest BCUT2D eigenvalue weighted by atomic mass is 10.0. The molecular formula is C18H20O7S. The van der Waals surface area contributed by atoms with Crippen molar-refractivity contribution in [2.75, 3.05) is 19.5 Å². The van der Waals surface area contributed by atoms with Gasteiger partial charge in [-0.05, 0) is 38.0 Å². The maximum absolute atomic E-state index is 11.8. The van der Waals surface area contributed by atoms with Gasteiger partial charge in [-0.2, -0.15) is 8.42 Å². The van der Waals surface area contributed by atoms with E-state index in [4.69, 9.17) is 13.6 Å². The highest BCUT2D eigenvalue weighted by Gasteiger charge is 2.18. The molecule has 3 rings (SSSR count). The van der Waals surface area contributed by atoms with Crippen molar-refractivity contribution in [3.63, 3.8) is 0 Å². The molecule has 0 N–H and O–H groups in total. The molecule has 7 nitrogen and oxygen atoms in total. The topological polar surface area (TPSA) is 96.0 Å². The average molecular weight is 380 g/mol. The molecule has 0 spiro atoms. The molecule has 0 aliphatic carbocycles. The second-order valence-corrected chi connectivity index (χ2v) is 7.86. The molecule has 0 fully saturated rings. The zero-order valence-corrected chi connectivity index (χ0v) is 15.9. The van der Waals surface area contributed by atoms with Crippen LogP contribution in [0.15, 0.2) is 25.8 Å². The molecule has 26 heavy (non-hydrogen) atoms. The molecule has 3 aromatic rings. The molecule has 2 aromatic heterocycles. The summed E-state index contributed by atoms with van der Waals surface area (Å²) in [7, 11) is -3.51. The Morgan fingerprint density at radius 1 is 1.00 bits per heavy atom. The molecule has 0 unspecified atom stereocenters. The zero-order chi connectivity index (χ0) is 19.1. The highest BCUT2D eigenvalue weighted by molar-refractivity contribution is 7.85. The summed E-state index contributed by atoms with van der Waals surface area (Å²) in [5.74, 6) is 0.775. The Morgan fingerprint density at radius 3 is 2.38 bits per heavy atom. The van der Waals surface area contributed by atoms with Gasteiger partial charge in [-0.1, -0.05) is 0 Å². The van der Waals surface area contributed by atoms with E-state index in [0.29, 0.717) is 16.7 Å². The fraction of sp³-hybridized carbons (Fsp3) is 0.389. The minimum Gasteiger partial charge on any atom is -0.461 e. The molecule has 0 aliphatic heterocycles. The summed E-state index contributed by atoms with van der Waals surface area (Å²) in [5.41, 5.74) is 3.00. The fourth-order valence-corrected chi connectivity index (χ4v) is 3.23. The van der Waals surface area contributed by atoms with Gasteiger partial charge in [0.1, 0.15) is 16.9 Å². The predicted molar refractivity (Wildman–Crippen MR) is 96.9 cm³/mol. The fourth-order valence-electron chi connectivity index (χ4n) is 2.86. The average Bonchev–Trinajstić information content (AvgIpc) is 2.81. The van der Waals surface area contributed by atoms with E-state index in [0.717, 1.165) is 33.9 Å². The Hall–Kier alpha value is -2.16. The van der Waals surface area contributed by atoms with Gasteiger partial charge in [0.15, 0.2) is 0 Å². The summed E-state index contributed by atoms with van der Waals surface area (Å²) < 4.78 is 43.5. The van der Waals surface area contributed by atoms with E-state index in [9.17, 15) is 13.2 Å². The third kappa shape index (κ3) is 3.67. The molecule has 0 radical (unpaired) electrons. The largest absolute Gasteiger partial charge is 0.461 e. The van der Waals surface area contributed by atoms with Gasteiger partial charge in [0.05, 0.1) is 31.6 Å². The summed E-state index contributed by atoms with van der Waals surface area (Å²) in [4.78, 5) is 11.8. The molecule has 0 atom stereocenters. The molecular weight excluding hydrogens is 360 g/mol. The van der Waals surface area contributed by atoms with Crippen molar-refractivity contribution in [1.29, 1.82) is 0 Å². The number of fused-ring (bicyclic) bond motifs is 2. The maximum Gasteiger partial charge on any atom is 0.336 e. The maximum atomic E-state index is 11.8. The monoisotopic (exact) mass is 380 g/mol. The normalized spacial score (nSPS) is 12.3. The molecule has 0 saturated carbocycles. The molecule has 0 amide bonds. The first kappa shape index (κ1) is 18.6. The van der Waals surface area contributed by atoms with Crippen LogP contribution in [0.3, 0.4) is 0 Å². The standard InChI is InChI=1S/C18H20O7S/c1-10-7-16(19)25-17-13(10)8-14-11(2)12(3)24-18(14)15(17)9-22-5-6-23-26(4,20)21/h7-8H,5-6,9H2,1-4H3. The molecule has 0 aliphatic rings. The first-order chi connectivity index (χ1) is 12.2. The highest BCUT2D eigenvalue weighted by Crippen LogP contribution is 2.34. The number of furan rings is 1. The van der Waals surface area contributed by atoms with Gasteiger partial charge in [-0.15, -0.1) is 0 Å². The Kier molecular flexibility index (Phi) is 4.92. The van der Waals surface area contributed by atoms with E-state index in [2.05, 4.69) is 4.18 Å². The van der Waals surface area contributed by atoms with Gasteiger partial charge in [-0.3, -0.25) is 4.18 Å². The number of hydrogen-bond donors (Lipinski definition) is 0. The van der Waals surface area contributed by atoms with Crippen molar-refractivity contribution in [2.24, 2.45) is 0 Å². The first-order valence-electron chi connectivity index (χ1n) is 8.05. The van der Waals surface area contributed by atoms with E-state index < -0.39 is 15.7 Å². The van der Waals surface area contributed by atoms with Crippen molar-refractivity contribution in [3.05, 3.63) is 45.0 Å². The third-order valence-corrected chi connectivity index (χ3v) is 4.84. The number of ether oxygens (including phenoxy) is 1. The summed E-state index contributed by atoms with van der Waals surface area (Å²) in [5, 5.41) is 1.74. The summed E-state index contributed by atoms with van der Waals surface area (Å²) in [6.45, 7) is 5.75. The van der Waals surface area contributed by atoms with Crippen LogP contribution in [0.5, 0.6) is 0 Å². The Balaban J connectivity index is 2.02. The highest BCUT2D eigenvalue weighted by atomic mass is 32.2. The van der Waals surface area contributed by atoms with E-state index in [-0.39, 0.29) is 19.8 Å².